The Bertz CT molecular complexity index is 2620. The van der Waals surface area contributed by atoms with Gasteiger partial charge >= 0.3 is 0 Å². The highest BCUT2D eigenvalue weighted by molar-refractivity contribution is 6.91. The van der Waals surface area contributed by atoms with E-state index >= 15 is 4.79 Å². The molecule has 0 N–H and O–H groups in total. The smallest absolute Gasteiger partial charge is 0.220 e. The highest BCUT2D eigenvalue weighted by atomic mass is 28.3. The van der Waals surface area contributed by atoms with Crippen LogP contribution in [-0.2, 0) is 4.74 Å². The molecule has 0 radical (unpaired) electrons. The number of ketones is 2. The summed E-state index contributed by atoms with van der Waals surface area (Å²) < 4.78 is 6.75. The maximum absolute atomic E-state index is 15.1. The van der Waals surface area contributed by atoms with Gasteiger partial charge in [-0.3, -0.25) is 24.4 Å². The zero-order valence-electron chi connectivity index (χ0n) is 40.0. The molecule has 0 saturated carbocycles. The zero-order valence-corrected chi connectivity index (χ0v) is 42.0. The van der Waals surface area contributed by atoms with Gasteiger partial charge in [0.25, 0.3) is 0 Å². The molecule has 0 bridgehead atoms. The van der Waals surface area contributed by atoms with Gasteiger partial charge in [-0.2, -0.15) is 0 Å². The van der Waals surface area contributed by atoms with Gasteiger partial charge in [0.1, 0.15) is 27.5 Å². The van der Waals surface area contributed by atoms with Gasteiger partial charge in [-0.15, -0.1) is 11.1 Å². The van der Waals surface area contributed by atoms with Crippen LogP contribution in [0.1, 0.15) is 133 Å². The molecule has 9 heteroatoms. The molecule has 3 heterocycles. The summed E-state index contributed by atoms with van der Waals surface area (Å²) in [5.41, 5.74) is 16.9. The lowest BCUT2D eigenvalue weighted by Crippen LogP contribution is -2.43. The van der Waals surface area contributed by atoms with Crippen molar-refractivity contribution in [1.29, 1.82) is 0 Å². The Morgan fingerprint density at radius 1 is 0.578 bits per heavy atom. The fourth-order valence-corrected chi connectivity index (χ4v) is 21.5. The van der Waals surface area contributed by atoms with Crippen LogP contribution < -0.4 is 9.80 Å². The number of nitrogens with zero attached hydrogens (tertiary/aromatic N) is 4. The normalized spacial score (nSPS) is 14.9. The number of rotatable bonds is 11. The number of pyridine rings is 2. The summed E-state index contributed by atoms with van der Waals surface area (Å²) in [6.45, 7) is 30.3. The first kappa shape index (κ1) is 46.4. The van der Waals surface area contributed by atoms with Crippen molar-refractivity contribution >= 4 is 50.6 Å². The summed E-state index contributed by atoms with van der Waals surface area (Å²) in [4.78, 5) is 44.0. The van der Waals surface area contributed by atoms with Gasteiger partial charge in [-0.25, -0.2) is 4.98 Å². The summed E-state index contributed by atoms with van der Waals surface area (Å²) >= 11 is 0. The SMILES string of the molecule is CCOC1N(c2ccc(C#C[Si](C(C)C)(C(C)C)C(C)C)cc2)c2nc(-c3ccccn3)c3c(c2N1c1ccc(C#C[Si](C(C)C)(C(C)C)C(C)C)cc1)C(=O)c1ccccc1C3=O. The molecule has 1 aliphatic carbocycles. The van der Waals surface area contributed by atoms with Gasteiger partial charge < -0.3 is 4.74 Å². The van der Waals surface area contributed by atoms with E-state index in [4.69, 9.17) is 9.72 Å². The second kappa shape index (κ2) is 18.5. The molecule has 1 aliphatic heterocycles. The van der Waals surface area contributed by atoms with Gasteiger partial charge in [0.2, 0.25) is 6.35 Å². The van der Waals surface area contributed by atoms with Crippen molar-refractivity contribution in [2.75, 3.05) is 16.4 Å². The van der Waals surface area contributed by atoms with Crippen LogP contribution in [0, 0.1) is 22.9 Å². The number of aromatic nitrogens is 2. The molecule has 0 fully saturated rings. The lowest BCUT2D eigenvalue weighted by Gasteiger charge is -2.38. The third kappa shape index (κ3) is 7.86. The average Bonchev–Trinajstić information content (AvgIpc) is 3.58. The van der Waals surface area contributed by atoms with E-state index in [1.807, 2.05) is 47.1 Å². The van der Waals surface area contributed by atoms with E-state index in [-0.39, 0.29) is 22.7 Å². The van der Waals surface area contributed by atoms with Crippen molar-refractivity contribution in [3.8, 4) is 34.3 Å². The Labute approximate surface area is 384 Å². The maximum Gasteiger partial charge on any atom is 0.220 e. The van der Waals surface area contributed by atoms with E-state index in [1.165, 1.54) is 0 Å². The standard InChI is InChI=1S/C55H64N4O3Si2/c1-14-62-55-58(43-26-22-41(23-27-43)30-33-63(35(2)3,36(4)5)37(6)7)51-49-48(52(60)45-19-15-16-20-46(45)53(49)61)50(47-21-17-18-32-56-47)57-54(51)59(55)44-28-24-42(25-29-44)31-34-64(38(8)9,39(10)11)40(12)13/h15-29,32,35-40,55H,14H2,1-13H3. The van der Waals surface area contributed by atoms with Crippen LogP contribution in [0.15, 0.2) is 97.2 Å². The summed E-state index contributed by atoms with van der Waals surface area (Å²) in [5.74, 6) is 7.19. The highest BCUT2D eigenvalue weighted by Gasteiger charge is 2.48. The van der Waals surface area contributed by atoms with Gasteiger partial charge in [0.05, 0.1) is 16.8 Å². The number of fused-ring (bicyclic) bond motifs is 4. The number of hydrogen-bond donors (Lipinski definition) is 0. The number of ether oxygens (including phenoxy) is 1. The second-order valence-corrected chi connectivity index (χ2v) is 30.4. The molecular weight excluding hydrogens is 821 g/mol. The predicted octanol–water partition coefficient (Wildman–Crippen LogP) is 13.7. The van der Waals surface area contributed by atoms with Crippen molar-refractivity contribution < 1.29 is 14.3 Å². The molecule has 2 aromatic heterocycles. The van der Waals surface area contributed by atoms with E-state index in [0.717, 1.165) is 22.5 Å². The number of benzene rings is 3. The Morgan fingerprint density at radius 2 is 1.02 bits per heavy atom. The molecule has 7 rings (SSSR count). The number of anilines is 4. The molecular formula is C55H64N4O3Si2. The molecule has 1 unspecified atom stereocenters. The largest absolute Gasteiger partial charge is 0.340 e. The van der Waals surface area contributed by atoms with Gasteiger partial charge in [0, 0.05) is 46.4 Å². The Morgan fingerprint density at radius 3 is 1.44 bits per heavy atom. The zero-order chi connectivity index (χ0) is 46.2. The minimum Gasteiger partial charge on any atom is -0.340 e. The van der Waals surface area contributed by atoms with Crippen LogP contribution >= 0.6 is 0 Å². The molecule has 0 saturated heterocycles. The topological polar surface area (TPSA) is 75.6 Å². The molecule has 0 amide bonds. The van der Waals surface area contributed by atoms with Gasteiger partial charge in [-0.1, -0.05) is 125 Å². The molecule has 5 aromatic rings. The Hall–Kier alpha value is -5.59. The first-order valence-electron chi connectivity index (χ1n) is 23.1. The molecule has 1 atom stereocenters. The Kier molecular flexibility index (Phi) is 13.4. The first-order valence-corrected chi connectivity index (χ1v) is 27.6. The average molecular weight is 885 g/mol. The van der Waals surface area contributed by atoms with Crippen LogP contribution in [0.5, 0.6) is 0 Å². The fourth-order valence-electron chi connectivity index (χ4n) is 11.0. The predicted molar refractivity (Wildman–Crippen MR) is 269 cm³/mol. The Balaban J connectivity index is 1.46. The third-order valence-corrected chi connectivity index (χ3v) is 26.6. The summed E-state index contributed by atoms with van der Waals surface area (Å²) in [6.07, 6.45) is 0.915. The lowest BCUT2D eigenvalue weighted by atomic mass is 9.82. The lowest BCUT2D eigenvalue weighted by molar-refractivity contribution is 0.0768. The summed E-state index contributed by atoms with van der Waals surface area (Å²) in [5, 5.41) is 0. The van der Waals surface area contributed by atoms with Crippen LogP contribution in [0.4, 0.5) is 22.9 Å². The van der Waals surface area contributed by atoms with Crippen molar-refractivity contribution in [3.63, 3.8) is 0 Å². The van der Waals surface area contributed by atoms with Crippen molar-refractivity contribution in [2.45, 2.75) is 130 Å². The fraction of sp³-hybridized carbons (Fsp3) is 0.382. The minimum atomic E-state index is -1.98. The molecule has 64 heavy (non-hydrogen) atoms. The second-order valence-electron chi connectivity index (χ2n) is 19.2. The number of carbonyl (C=O) groups excluding carboxylic acids is 2. The molecule has 3 aromatic carbocycles. The summed E-state index contributed by atoms with van der Waals surface area (Å²) in [7, 11) is -3.95. The quantitative estimate of drug-likeness (QED) is 0.0947. The van der Waals surface area contributed by atoms with E-state index in [2.05, 4.69) is 147 Å². The molecule has 330 valence electrons. The summed E-state index contributed by atoms with van der Waals surface area (Å²) in [6, 6.07) is 29.0. The molecule has 2 aliphatic rings. The van der Waals surface area contributed by atoms with Crippen LogP contribution in [-0.4, -0.2) is 50.6 Å². The highest BCUT2D eigenvalue weighted by Crippen LogP contribution is 2.53. The van der Waals surface area contributed by atoms with Crippen LogP contribution in [0.3, 0.4) is 0 Å². The van der Waals surface area contributed by atoms with Gasteiger partial charge in [-0.05, 0) is 101 Å². The minimum absolute atomic E-state index is 0.238. The van der Waals surface area contributed by atoms with Crippen molar-refractivity contribution in [1.82, 2.24) is 9.97 Å². The third-order valence-electron chi connectivity index (χ3n) is 14.0. The molecule has 0 spiro atoms. The van der Waals surface area contributed by atoms with Gasteiger partial charge in [0.15, 0.2) is 17.4 Å². The number of hydrogen-bond acceptors (Lipinski definition) is 7. The maximum atomic E-state index is 15.1. The van der Waals surface area contributed by atoms with Crippen molar-refractivity contribution in [2.24, 2.45) is 0 Å². The van der Waals surface area contributed by atoms with E-state index < -0.39 is 22.5 Å². The van der Waals surface area contributed by atoms with Crippen LogP contribution in [0.2, 0.25) is 33.2 Å². The first-order chi connectivity index (χ1) is 30.5. The van der Waals surface area contributed by atoms with Crippen molar-refractivity contribution in [3.05, 3.63) is 131 Å². The monoisotopic (exact) mass is 884 g/mol. The van der Waals surface area contributed by atoms with E-state index in [9.17, 15) is 4.79 Å². The number of carbonyl (C=O) groups is 2. The van der Waals surface area contributed by atoms with Crippen LogP contribution in [0.25, 0.3) is 11.4 Å². The molecule has 7 nitrogen and oxygen atoms in total. The van der Waals surface area contributed by atoms with E-state index in [0.29, 0.717) is 73.9 Å². The van der Waals surface area contributed by atoms with E-state index in [1.54, 1.807) is 30.5 Å².